The first-order valence-corrected chi connectivity index (χ1v) is 6.77. The molecule has 1 aromatic rings. The third kappa shape index (κ3) is 3.23. The first kappa shape index (κ1) is 13.8. The Hall–Kier alpha value is -1.62. The minimum Gasteiger partial charge on any atom is -0.382 e. The minimum absolute atomic E-state index is 0.314. The molecular weight excluding hydrogens is 240 g/mol. The van der Waals surface area contributed by atoms with Gasteiger partial charge in [-0.3, -0.25) is 9.78 Å². The minimum atomic E-state index is -0.431. The molecule has 1 saturated carbocycles. The zero-order valence-electron chi connectivity index (χ0n) is 11.6. The van der Waals surface area contributed by atoms with Crippen LogP contribution in [0.5, 0.6) is 0 Å². The summed E-state index contributed by atoms with van der Waals surface area (Å²) in [6.45, 7) is 3.73. The Balaban J connectivity index is 2.21. The van der Waals surface area contributed by atoms with Gasteiger partial charge in [0.05, 0.1) is 16.9 Å². The summed E-state index contributed by atoms with van der Waals surface area (Å²) in [5.41, 5.74) is 14.2. The van der Waals surface area contributed by atoms with E-state index in [1.807, 2.05) is 19.9 Å². The summed E-state index contributed by atoms with van der Waals surface area (Å²) in [7, 11) is 0. The molecule has 1 heterocycles. The summed E-state index contributed by atoms with van der Waals surface area (Å²) >= 11 is 0. The Morgan fingerprint density at radius 2 is 1.95 bits per heavy atom. The lowest BCUT2D eigenvalue weighted by atomic mass is 9.91. The summed E-state index contributed by atoms with van der Waals surface area (Å²) in [6, 6.07) is 2.57. The van der Waals surface area contributed by atoms with Crippen LogP contribution in [-0.4, -0.2) is 23.0 Å². The zero-order valence-corrected chi connectivity index (χ0v) is 11.6. The first-order chi connectivity index (χ1) is 8.97. The van der Waals surface area contributed by atoms with Crippen LogP contribution in [0.3, 0.4) is 0 Å². The van der Waals surface area contributed by atoms with E-state index in [0.29, 0.717) is 23.3 Å². The molecular formula is C14H22N4O. The van der Waals surface area contributed by atoms with Crippen LogP contribution in [0, 0.1) is 13.8 Å². The summed E-state index contributed by atoms with van der Waals surface area (Å²) in [5.74, 6) is -0.431. The van der Waals surface area contributed by atoms with Crippen LogP contribution < -0.4 is 16.8 Å². The SMILES string of the molecule is Cc1cc(NC2CCC(N)CC2)c(C(N)=O)c(C)n1. The highest BCUT2D eigenvalue weighted by molar-refractivity contribution is 5.99. The lowest BCUT2D eigenvalue weighted by Gasteiger charge is -2.28. The quantitative estimate of drug-likeness (QED) is 0.769. The van der Waals surface area contributed by atoms with E-state index in [1.165, 1.54) is 0 Å². The van der Waals surface area contributed by atoms with E-state index < -0.39 is 5.91 Å². The molecule has 1 amide bonds. The standard InChI is InChI=1S/C14H22N4O/c1-8-7-12(13(14(16)19)9(2)17-8)18-11-5-3-10(15)4-6-11/h7,10-11H,3-6,15H2,1-2H3,(H2,16,19)(H,17,18). The number of nitrogens with two attached hydrogens (primary N) is 2. The molecule has 104 valence electrons. The largest absolute Gasteiger partial charge is 0.382 e. The molecule has 2 rings (SSSR count). The molecule has 1 aliphatic carbocycles. The number of nitrogens with one attached hydrogen (secondary N) is 1. The smallest absolute Gasteiger partial charge is 0.252 e. The van der Waals surface area contributed by atoms with Gasteiger partial charge in [0.15, 0.2) is 0 Å². The van der Waals surface area contributed by atoms with Gasteiger partial charge in [-0.15, -0.1) is 0 Å². The third-order valence-electron chi connectivity index (χ3n) is 3.71. The average molecular weight is 262 g/mol. The van der Waals surface area contributed by atoms with Crippen molar-refractivity contribution in [3.63, 3.8) is 0 Å². The highest BCUT2D eigenvalue weighted by Crippen LogP contribution is 2.25. The monoisotopic (exact) mass is 262 g/mol. The second-order valence-electron chi connectivity index (χ2n) is 5.39. The molecule has 0 saturated heterocycles. The lowest BCUT2D eigenvalue weighted by Crippen LogP contribution is -2.33. The fourth-order valence-electron chi connectivity index (χ4n) is 2.74. The fraction of sp³-hybridized carbons (Fsp3) is 0.571. The predicted molar refractivity (Wildman–Crippen MR) is 76.1 cm³/mol. The molecule has 0 aromatic carbocycles. The van der Waals surface area contributed by atoms with Crippen molar-refractivity contribution in [1.82, 2.24) is 4.98 Å². The van der Waals surface area contributed by atoms with E-state index in [0.717, 1.165) is 37.1 Å². The van der Waals surface area contributed by atoms with Gasteiger partial charge in [-0.05, 0) is 45.6 Å². The van der Waals surface area contributed by atoms with Crippen molar-refractivity contribution in [3.8, 4) is 0 Å². The Kier molecular flexibility index (Phi) is 4.04. The predicted octanol–water partition coefficient (Wildman–Crippen LogP) is 1.48. The maximum atomic E-state index is 11.6. The van der Waals surface area contributed by atoms with Gasteiger partial charge in [0.2, 0.25) is 0 Å². The van der Waals surface area contributed by atoms with E-state index >= 15 is 0 Å². The highest BCUT2D eigenvalue weighted by atomic mass is 16.1. The summed E-state index contributed by atoms with van der Waals surface area (Å²) in [4.78, 5) is 15.9. The molecule has 5 heteroatoms. The number of carbonyl (C=O) groups is 1. The van der Waals surface area contributed by atoms with Gasteiger partial charge in [-0.25, -0.2) is 0 Å². The lowest BCUT2D eigenvalue weighted by molar-refractivity contribution is 0.1000. The van der Waals surface area contributed by atoms with Gasteiger partial charge in [0.1, 0.15) is 0 Å². The average Bonchev–Trinajstić information content (AvgIpc) is 2.30. The number of anilines is 1. The number of hydrogen-bond donors (Lipinski definition) is 3. The number of nitrogens with zero attached hydrogens (tertiary/aromatic N) is 1. The van der Waals surface area contributed by atoms with Crippen molar-refractivity contribution >= 4 is 11.6 Å². The molecule has 0 radical (unpaired) electrons. The van der Waals surface area contributed by atoms with Gasteiger partial charge in [0, 0.05) is 17.8 Å². The van der Waals surface area contributed by atoms with Crippen molar-refractivity contribution in [2.24, 2.45) is 11.5 Å². The first-order valence-electron chi connectivity index (χ1n) is 6.77. The van der Waals surface area contributed by atoms with Crippen molar-refractivity contribution in [2.45, 2.75) is 51.6 Å². The number of hydrogen-bond acceptors (Lipinski definition) is 4. The molecule has 0 aliphatic heterocycles. The Morgan fingerprint density at radius 3 is 2.53 bits per heavy atom. The van der Waals surface area contributed by atoms with E-state index in [4.69, 9.17) is 11.5 Å². The number of aromatic nitrogens is 1. The van der Waals surface area contributed by atoms with E-state index in [9.17, 15) is 4.79 Å². The van der Waals surface area contributed by atoms with E-state index in [2.05, 4.69) is 10.3 Å². The molecule has 0 spiro atoms. The molecule has 5 nitrogen and oxygen atoms in total. The number of pyridine rings is 1. The van der Waals surface area contributed by atoms with E-state index in [1.54, 1.807) is 0 Å². The molecule has 0 bridgehead atoms. The van der Waals surface area contributed by atoms with E-state index in [-0.39, 0.29) is 0 Å². The summed E-state index contributed by atoms with van der Waals surface area (Å²) < 4.78 is 0. The van der Waals surface area contributed by atoms with Gasteiger partial charge in [0.25, 0.3) is 5.91 Å². The number of rotatable bonds is 3. The number of amides is 1. The van der Waals surface area contributed by atoms with Crippen LogP contribution in [0.2, 0.25) is 0 Å². The molecule has 0 atom stereocenters. The molecule has 1 fully saturated rings. The highest BCUT2D eigenvalue weighted by Gasteiger charge is 2.21. The zero-order chi connectivity index (χ0) is 14.0. The topological polar surface area (TPSA) is 94.0 Å². The van der Waals surface area contributed by atoms with Gasteiger partial charge >= 0.3 is 0 Å². The second-order valence-corrected chi connectivity index (χ2v) is 5.39. The Labute approximate surface area is 113 Å². The molecule has 1 aliphatic rings. The number of aryl methyl sites for hydroxylation is 2. The maximum Gasteiger partial charge on any atom is 0.252 e. The van der Waals surface area contributed by atoms with Gasteiger partial charge in [-0.2, -0.15) is 0 Å². The number of primary amides is 1. The van der Waals surface area contributed by atoms with Crippen LogP contribution in [-0.2, 0) is 0 Å². The van der Waals surface area contributed by atoms with Crippen LogP contribution in [0.25, 0.3) is 0 Å². The van der Waals surface area contributed by atoms with Crippen molar-refractivity contribution in [2.75, 3.05) is 5.32 Å². The summed E-state index contributed by atoms with van der Waals surface area (Å²) in [6.07, 6.45) is 4.10. The third-order valence-corrected chi connectivity index (χ3v) is 3.71. The van der Waals surface area contributed by atoms with Crippen LogP contribution >= 0.6 is 0 Å². The van der Waals surface area contributed by atoms with Crippen molar-refractivity contribution in [3.05, 3.63) is 23.0 Å². The Morgan fingerprint density at radius 1 is 1.32 bits per heavy atom. The van der Waals surface area contributed by atoms with Crippen LogP contribution in [0.4, 0.5) is 5.69 Å². The second kappa shape index (κ2) is 5.57. The molecule has 19 heavy (non-hydrogen) atoms. The molecule has 0 unspecified atom stereocenters. The van der Waals surface area contributed by atoms with Gasteiger partial charge in [-0.1, -0.05) is 0 Å². The van der Waals surface area contributed by atoms with Crippen molar-refractivity contribution in [1.29, 1.82) is 0 Å². The number of carbonyl (C=O) groups excluding carboxylic acids is 1. The summed E-state index contributed by atoms with van der Waals surface area (Å²) in [5, 5.41) is 3.44. The Bertz CT molecular complexity index is 479. The van der Waals surface area contributed by atoms with Gasteiger partial charge < -0.3 is 16.8 Å². The fourth-order valence-corrected chi connectivity index (χ4v) is 2.74. The van der Waals surface area contributed by atoms with Crippen LogP contribution in [0.15, 0.2) is 6.07 Å². The molecule has 5 N–H and O–H groups in total. The molecule has 1 aromatic heterocycles. The normalized spacial score (nSPS) is 23.1. The van der Waals surface area contributed by atoms with Crippen LogP contribution in [0.1, 0.15) is 47.4 Å². The van der Waals surface area contributed by atoms with Crippen molar-refractivity contribution < 1.29 is 4.79 Å². The maximum absolute atomic E-state index is 11.6.